The van der Waals surface area contributed by atoms with Crippen molar-refractivity contribution in [3.8, 4) is 0 Å². The molecule has 0 N–H and O–H groups in total. The van der Waals surface area contributed by atoms with Crippen molar-refractivity contribution in [3.05, 3.63) is 11.9 Å². The van der Waals surface area contributed by atoms with E-state index in [1.165, 1.54) is 24.6 Å². The molecule has 0 unspecified atom stereocenters. The average Bonchev–Trinajstić information content (AvgIpc) is 2.77. The molecule has 2 rings (SSSR count). The summed E-state index contributed by atoms with van der Waals surface area (Å²) >= 11 is 1.22. The molecule has 0 bridgehead atoms. The monoisotopic (exact) mass is 196 g/mol. The first-order chi connectivity index (χ1) is 6.35. The van der Waals surface area contributed by atoms with E-state index in [0.717, 1.165) is 31.2 Å². The first-order valence-electron chi connectivity index (χ1n) is 4.57. The summed E-state index contributed by atoms with van der Waals surface area (Å²) in [6.07, 6.45) is 8.08. The van der Waals surface area contributed by atoms with Gasteiger partial charge in [-0.3, -0.25) is 0 Å². The van der Waals surface area contributed by atoms with Gasteiger partial charge in [0.05, 0.1) is 23.6 Å². The Morgan fingerprint density at radius 2 is 2.31 bits per heavy atom. The predicted octanol–water partition coefficient (Wildman–Crippen LogP) is 1.84. The maximum Gasteiger partial charge on any atom is 0.126 e. The minimum absolute atomic E-state index is 0.115. The molecule has 70 valence electrons. The van der Waals surface area contributed by atoms with Gasteiger partial charge < -0.3 is 4.79 Å². The third-order valence-corrected chi connectivity index (χ3v) is 3.31. The molecule has 3 nitrogen and oxygen atoms in total. The number of aromatic nitrogens is 2. The highest BCUT2D eigenvalue weighted by atomic mass is 32.1. The second-order valence-electron chi connectivity index (χ2n) is 3.76. The molecule has 1 aromatic rings. The van der Waals surface area contributed by atoms with Crippen molar-refractivity contribution in [2.75, 3.05) is 0 Å². The molecule has 1 saturated carbocycles. The number of carbonyl (C=O) groups excluding carboxylic acids is 1. The normalized spacial score (nSPS) is 20.3. The fourth-order valence-corrected chi connectivity index (χ4v) is 2.47. The summed E-state index contributed by atoms with van der Waals surface area (Å²) in [7, 11) is 0. The van der Waals surface area contributed by atoms with Crippen LogP contribution in [0.5, 0.6) is 0 Å². The smallest absolute Gasteiger partial charge is 0.126 e. The average molecular weight is 196 g/mol. The maximum atomic E-state index is 11.0. The van der Waals surface area contributed by atoms with E-state index in [2.05, 4.69) is 8.75 Å². The largest absolute Gasteiger partial charge is 0.303 e. The molecule has 0 amide bonds. The second kappa shape index (κ2) is 3.54. The van der Waals surface area contributed by atoms with Crippen LogP contribution in [-0.2, 0) is 11.2 Å². The van der Waals surface area contributed by atoms with E-state index in [1.54, 1.807) is 6.20 Å². The summed E-state index contributed by atoms with van der Waals surface area (Å²) in [5.74, 6) is 0. The number of nitrogens with zero attached hydrogens (tertiary/aromatic N) is 2. The van der Waals surface area contributed by atoms with Crippen molar-refractivity contribution in [2.24, 2.45) is 5.41 Å². The lowest BCUT2D eigenvalue weighted by Crippen LogP contribution is -2.21. The Balaban J connectivity index is 2.10. The van der Waals surface area contributed by atoms with E-state index in [4.69, 9.17) is 0 Å². The summed E-state index contributed by atoms with van der Waals surface area (Å²) in [4.78, 5) is 11.0. The molecular formula is C9H12N2OS. The van der Waals surface area contributed by atoms with Gasteiger partial charge >= 0.3 is 0 Å². The van der Waals surface area contributed by atoms with Crippen molar-refractivity contribution in [1.82, 2.24) is 8.75 Å². The standard InChI is InChI=1S/C9H12N2OS/c12-7-9(3-1-2-4-9)5-8-6-10-13-11-8/h6-7H,1-5H2. The molecule has 0 atom stereocenters. The first kappa shape index (κ1) is 8.81. The number of hydrogen-bond acceptors (Lipinski definition) is 4. The van der Waals surface area contributed by atoms with Crippen LogP contribution < -0.4 is 0 Å². The van der Waals surface area contributed by atoms with Crippen LogP contribution in [0, 0.1) is 5.41 Å². The molecule has 1 aliphatic rings. The minimum atomic E-state index is -0.115. The lowest BCUT2D eigenvalue weighted by Gasteiger charge is -2.19. The summed E-state index contributed by atoms with van der Waals surface area (Å²) in [6.45, 7) is 0. The molecule has 0 radical (unpaired) electrons. The van der Waals surface area contributed by atoms with Crippen LogP contribution in [-0.4, -0.2) is 15.0 Å². The van der Waals surface area contributed by atoms with Gasteiger partial charge in [0, 0.05) is 11.8 Å². The van der Waals surface area contributed by atoms with Crippen molar-refractivity contribution < 1.29 is 4.79 Å². The Kier molecular flexibility index (Phi) is 2.40. The molecule has 1 aromatic heterocycles. The molecule has 4 heteroatoms. The van der Waals surface area contributed by atoms with Crippen LogP contribution in [0.25, 0.3) is 0 Å². The van der Waals surface area contributed by atoms with Crippen LogP contribution in [0.2, 0.25) is 0 Å². The second-order valence-corrected chi connectivity index (χ2v) is 4.32. The van der Waals surface area contributed by atoms with Gasteiger partial charge in [0.15, 0.2) is 0 Å². The molecule has 13 heavy (non-hydrogen) atoms. The molecule has 1 aliphatic carbocycles. The first-order valence-corrected chi connectivity index (χ1v) is 5.30. The van der Waals surface area contributed by atoms with Crippen LogP contribution in [0.15, 0.2) is 6.20 Å². The van der Waals surface area contributed by atoms with Gasteiger partial charge in [0.2, 0.25) is 0 Å². The quantitative estimate of drug-likeness (QED) is 0.693. The summed E-state index contributed by atoms with van der Waals surface area (Å²) in [5, 5.41) is 0. The third-order valence-electron chi connectivity index (χ3n) is 2.79. The van der Waals surface area contributed by atoms with Gasteiger partial charge in [-0.05, 0) is 12.8 Å². The number of hydrogen-bond donors (Lipinski definition) is 0. The fraction of sp³-hybridized carbons (Fsp3) is 0.667. The molecule has 0 spiro atoms. The van der Waals surface area contributed by atoms with Crippen molar-refractivity contribution in [2.45, 2.75) is 32.1 Å². The van der Waals surface area contributed by atoms with E-state index in [9.17, 15) is 4.79 Å². The maximum absolute atomic E-state index is 11.0. The van der Waals surface area contributed by atoms with E-state index in [1.807, 2.05) is 0 Å². The van der Waals surface area contributed by atoms with E-state index >= 15 is 0 Å². The van der Waals surface area contributed by atoms with Gasteiger partial charge in [0.1, 0.15) is 6.29 Å². The van der Waals surface area contributed by atoms with Crippen molar-refractivity contribution in [1.29, 1.82) is 0 Å². The van der Waals surface area contributed by atoms with Gasteiger partial charge in [-0.25, -0.2) is 0 Å². The topological polar surface area (TPSA) is 42.9 Å². The minimum Gasteiger partial charge on any atom is -0.303 e. The van der Waals surface area contributed by atoms with Crippen LogP contribution in [0.3, 0.4) is 0 Å². The Morgan fingerprint density at radius 3 is 2.85 bits per heavy atom. The molecule has 1 fully saturated rings. The number of carbonyl (C=O) groups is 1. The van der Waals surface area contributed by atoms with E-state index in [-0.39, 0.29) is 5.41 Å². The predicted molar refractivity (Wildman–Crippen MR) is 50.6 cm³/mol. The zero-order valence-corrected chi connectivity index (χ0v) is 8.22. The molecule has 1 heterocycles. The zero-order chi connectivity index (χ0) is 9.15. The molecular weight excluding hydrogens is 184 g/mol. The van der Waals surface area contributed by atoms with Gasteiger partial charge in [-0.2, -0.15) is 8.75 Å². The summed E-state index contributed by atoms with van der Waals surface area (Å²) in [6, 6.07) is 0. The van der Waals surface area contributed by atoms with Gasteiger partial charge in [0.25, 0.3) is 0 Å². The highest BCUT2D eigenvalue weighted by Crippen LogP contribution is 2.38. The van der Waals surface area contributed by atoms with Gasteiger partial charge in [-0.15, -0.1) is 0 Å². The van der Waals surface area contributed by atoms with E-state index < -0.39 is 0 Å². The van der Waals surface area contributed by atoms with Crippen LogP contribution in [0.1, 0.15) is 31.4 Å². The molecule has 0 saturated heterocycles. The lowest BCUT2D eigenvalue weighted by atomic mass is 9.83. The lowest BCUT2D eigenvalue weighted by molar-refractivity contribution is -0.115. The highest BCUT2D eigenvalue weighted by Gasteiger charge is 2.34. The third kappa shape index (κ3) is 1.77. The van der Waals surface area contributed by atoms with E-state index in [0.29, 0.717) is 0 Å². The van der Waals surface area contributed by atoms with Crippen molar-refractivity contribution >= 4 is 18.0 Å². The molecule has 0 aliphatic heterocycles. The van der Waals surface area contributed by atoms with Crippen LogP contribution >= 0.6 is 11.7 Å². The fourth-order valence-electron chi connectivity index (χ4n) is 2.04. The Labute approximate surface area is 81.5 Å². The van der Waals surface area contributed by atoms with Crippen molar-refractivity contribution in [3.63, 3.8) is 0 Å². The Morgan fingerprint density at radius 1 is 1.54 bits per heavy atom. The highest BCUT2D eigenvalue weighted by molar-refractivity contribution is 6.99. The summed E-state index contributed by atoms with van der Waals surface area (Å²) < 4.78 is 8.09. The number of aldehydes is 1. The SMILES string of the molecule is O=CC1(Cc2cnsn2)CCCC1. The molecule has 0 aromatic carbocycles. The Bertz CT molecular complexity index is 278. The zero-order valence-electron chi connectivity index (χ0n) is 7.40. The van der Waals surface area contributed by atoms with Crippen LogP contribution in [0.4, 0.5) is 0 Å². The Hall–Kier alpha value is -0.770. The summed E-state index contributed by atoms with van der Waals surface area (Å²) in [5.41, 5.74) is 0.856. The van der Waals surface area contributed by atoms with Gasteiger partial charge in [-0.1, -0.05) is 12.8 Å². The number of rotatable bonds is 3.